The fraction of sp³-hybridized carbons (Fsp3) is 0.150. The van der Waals surface area contributed by atoms with Crippen molar-refractivity contribution in [3.8, 4) is 11.3 Å². The van der Waals surface area contributed by atoms with Crippen molar-refractivity contribution in [1.82, 2.24) is 4.98 Å². The minimum absolute atomic E-state index is 0.334. The molecule has 2 aromatic carbocycles. The SMILES string of the molecule is Cc1nc(-c2cccc(NC(=O)[C@@H]3Cc4ccccc4C(=O)O3)c2)cs1. The van der Waals surface area contributed by atoms with Crippen molar-refractivity contribution in [3.63, 3.8) is 0 Å². The summed E-state index contributed by atoms with van der Waals surface area (Å²) in [6.45, 7) is 1.95. The number of fused-ring (bicyclic) bond motifs is 1. The van der Waals surface area contributed by atoms with Crippen LogP contribution >= 0.6 is 11.3 Å². The molecule has 0 saturated carbocycles. The first-order valence-corrected chi connectivity index (χ1v) is 9.10. The maximum atomic E-state index is 12.6. The number of amides is 1. The molecule has 1 amide bonds. The molecule has 0 spiro atoms. The Morgan fingerprint density at radius 2 is 2.08 bits per heavy atom. The zero-order valence-electron chi connectivity index (χ0n) is 14.1. The molecule has 6 heteroatoms. The Bertz CT molecular complexity index is 996. The lowest BCUT2D eigenvalue weighted by atomic mass is 9.98. The van der Waals surface area contributed by atoms with Crippen LogP contribution in [0.3, 0.4) is 0 Å². The van der Waals surface area contributed by atoms with Gasteiger partial charge in [-0.1, -0.05) is 30.3 Å². The molecule has 1 aromatic heterocycles. The number of nitrogens with one attached hydrogen (secondary N) is 1. The minimum Gasteiger partial charge on any atom is -0.448 e. The molecule has 3 aromatic rings. The highest BCUT2D eigenvalue weighted by atomic mass is 32.1. The number of nitrogens with zero attached hydrogens (tertiary/aromatic N) is 1. The molecule has 2 heterocycles. The van der Waals surface area contributed by atoms with Crippen molar-refractivity contribution >= 4 is 28.9 Å². The lowest BCUT2D eigenvalue weighted by Crippen LogP contribution is -2.37. The summed E-state index contributed by atoms with van der Waals surface area (Å²) in [5, 5.41) is 5.81. The van der Waals surface area contributed by atoms with Gasteiger partial charge in [0.15, 0.2) is 6.10 Å². The molecule has 1 N–H and O–H groups in total. The number of thiazole rings is 1. The van der Waals surface area contributed by atoms with Gasteiger partial charge in [0.2, 0.25) is 0 Å². The van der Waals surface area contributed by atoms with Gasteiger partial charge in [0.25, 0.3) is 5.91 Å². The van der Waals surface area contributed by atoms with Crippen molar-refractivity contribution in [2.24, 2.45) is 0 Å². The van der Waals surface area contributed by atoms with Crippen LogP contribution in [0.5, 0.6) is 0 Å². The average Bonchev–Trinajstić information content (AvgIpc) is 3.08. The first-order valence-electron chi connectivity index (χ1n) is 8.22. The fourth-order valence-corrected chi connectivity index (χ4v) is 3.57. The van der Waals surface area contributed by atoms with E-state index in [1.54, 1.807) is 29.5 Å². The second-order valence-corrected chi connectivity index (χ2v) is 7.14. The summed E-state index contributed by atoms with van der Waals surface area (Å²) in [5.74, 6) is -0.793. The number of benzene rings is 2. The Kier molecular flexibility index (Phi) is 4.26. The number of carbonyl (C=O) groups is 2. The van der Waals surface area contributed by atoms with Crippen LogP contribution in [-0.2, 0) is 16.0 Å². The number of carbonyl (C=O) groups excluding carboxylic acids is 2. The molecule has 130 valence electrons. The zero-order chi connectivity index (χ0) is 18.1. The van der Waals surface area contributed by atoms with Crippen LogP contribution in [0.2, 0.25) is 0 Å². The van der Waals surface area contributed by atoms with E-state index in [4.69, 9.17) is 4.74 Å². The third-order valence-electron chi connectivity index (χ3n) is 4.23. The highest BCUT2D eigenvalue weighted by Gasteiger charge is 2.31. The summed E-state index contributed by atoms with van der Waals surface area (Å²) in [6.07, 6.45) is -0.457. The molecule has 0 bridgehead atoms. The Morgan fingerprint density at radius 1 is 1.23 bits per heavy atom. The van der Waals surface area contributed by atoms with Crippen molar-refractivity contribution < 1.29 is 14.3 Å². The van der Waals surface area contributed by atoms with E-state index in [2.05, 4.69) is 10.3 Å². The monoisotopic (exact) mass is 364 g/mol. The molecule has 0 fully saturated rings. The predicted molar refractivity (Wildman–Crippen MR) is 100 cm³/mol. The standard InChI is InChI=1S/C20H16N2O3S/c1-12-21-17(11-26-12)14-6-4-7-15(9-14)22-19(23)18-10-13-5-2-3-8-16(13)20(24)25-18/h2-9,11,18H,10H2,1H3,(H,22,23)/t18-/m0/s1. The first kappa shape index (κ1) is 16.5. The van der Waals surface area contributed by atoms with Crippen LogP contribution in [0.15, 0.2) is 53.9 Å². The molecule has 1 aliphatic rings. The summed E-state index contributed by atoms with van der Waals surface area (Å²) in [4.78, 5) is 29.1. The van der Waals surface area contributed by atoms with Gasteiger partial charge in [0.05, 0.1) is 16.3 Å². The van der Waals surface area contributed by atoms with Crippen LogP contribution in [0, 0.1) is 6.92 Å². The molecule has 0 aliphatic carbocycles. The number of hydrogen-bond acceptors (Lipinski definition) is 5. The van der Waals surface area contributed by atoms with E-state index in [1.807, 2.05) is 42.6 Å². The van der Waals surface area contributed by atoms with Crippen LogP contribution in [0.25, 0.3) is 11.3 Å². The van der Waals surface area contributed by atoms with Gasteiger partial charge in [-0.3, -0.25) is 4.79 Å². The highest BCUT2D eigenvalue weighted by molar-refractivity contribution is 7.09. The zero-order valence-corrected chi connectivity index (χ0v) is 14.9. The number of cyclic esters (lactones) is 1. The van der Waals surface area contributed by atoms with Gasteiger partial charge in [-0.05, 0) is 30.7 Å². The quantitative estimate of drug-likeness (QED) is 0.717. The maximum Gasteiger partial charge on any atom is 0.339 e. The molecule has 26 heavy (non-hydrogen) atoms. The summed E-state index contributed by atoms with van der Waals surface area (Å²) < 4.78 is 5.30. The first-order chi connectivity index (χ1) is 12.6. The Labute approximate surface area is 154 Å². The number of hydrogen-bond donors (Lipinski definition) is 1. The molecular weight excluding hydrogens is 348 g/mol. The minimum atomic E-state index is -0.831. The van der Waals surface area contributed by atoms with E-state index in [-0.39, 0.29) is 5.91 Å². The normalized spacial score (nSPS) is 15.9. The molecule has 0 saturated heterocycles. The molecule has 1 atom stereocenters. The number of esters is 1. The lowest BCUT2D eigenvalue weighted by molar-refractivity contribution is -0.125. The topological polar surface area (TPSA) is 68.3 Å². The van der Waals surface area contributed by atoms with Crippen LogP contribution in [0.4, 0.5) is 5.69 Å². The second kappa shape index (κ2) is 6.72. The van der Waals surface area contributed by atoms with Gasteiger partial charge >= 0.3 is 5.97 Å². The Balaban J connectivity index is 1.51. The van der Waals surface area contributed by atoms with E-state index < -0.39 is 12.1 Å². The van der Waals surface area contributed by atoms with E-state index in [9.17, 15) is 9.59 Å². The molecule has 5 nitrogen and oxygen atoms in total. The van der Waals surface area contributed by atoms with E-state index in [0.29, 0.717) is 17.7 Å². The average molecular weight is 364 g/mol. The van der Waals surface area contributed by atoms with Gasteiger partial charge in [0, 0.05) is 23.1 Å². The van der Waals surface area contributed by atoms with Crippen LogP contribution in [0.1, 0.15) is 20.9 Å². The third-order valence-corrected chi connectivity index (χ3v) is 5.00. The summed E-state index contributed by atoms with van der Waals surface area (Å²) in [5.41, 5.74) is 3.81. The molecular formula is C20H16N2O3S. The molecule has 0 radical (unpaired) electrons. The van der Waals surface area contributed by atoms with Crippen molar-refractivity contribution in [3.05, 3.63) is 70.0 Å². The fourth-order valence-electron chi connectivity index (χ4n) is 2.95. The number of ether oxygens (including phenoxy) is 1. The number of aryl methyl sites for hydroxylation is 1. The van der Waals surface area contributed by atoms with Crippen molar-refractivity contribution in [1.29, 1.82) is 0 Å². The summed E-state index contributed by atoms with van der Waals surface area (Å²) >= 11 is 1.58. The van der Waals surface area contributed by atoms with Crippen molar-refractivity contribution in [2.45, 2.75) is 19.4 Å². The number of rotatable bonds is 3. The van der Waals surface area contributed by atoms with Crippen molar-refractivity contribution in [2.75, 3.05) is 5.32 Å². The molecule has 0 unspecified atom stereocenters. The van der Waals surface area contributed by atoms with E-state index in [0.717, 1.165) is 21.8 Å². The summed E-state index contributed by atoms with van der Waals surface area (Å²) in [7, 11) is 0. The maximum absolute atomic E-state index is 12.6. The Hall–Kier alpha value is -2.99. The van der Waals surface area contributed by atoms with E-state index in [1.165, 1.54) is 0 Å². The van der Waals surface area contributed by atoms with Gasteiger partial charge in [-0.25, -0.2) is 9.78 Å². The van der Waals surface area contributed by atoms with Gasteiger partial charge in [-0.15, -0.1) is 11.3 Å². The third kappa shape index (κ3) is 3.23. The Morgan fingerprint density at radius 3 is 2.88 bits per heavy atom. The van der Waals surface area contributed by atoms with Gasteiger partial charge in [-0.2, -0.15) is 0 Å². The number of aromatic nitrogens is 1. The largest absolute Gasteiger partial charge is 0.448 e. The number of anilines is 1. The lowest BCUT2D eigenvalue weighted by Gasteiger charge is -2.23. The predicted octanol–water partition coefficient (Wildman–Crippen LogP) is 3.84. The van der Waals surface area contributed by atoms with E-state index >= 15 is 0 Å². The van der Waals surface area contributed by atoms with Crippen LogP contribution < -0.4 is 5.32 Å². The smallest absolute Gasteiger partial charge is 0.339 e. The summed E-state index contributed by atoms with van der Waals surface area (Å²) in [6, 6.07) is 14.7. The molecule has 4 rings (SSSR count). The van der Waals surface area contributed by atoms with Gasteiger partial charge in [0.1, 0.15) is 0 Å². The van der Waals surface area contributed by atoms with Crippen LogP contribution in [-0.4, -0.2) is 23.0 Å². The highest BCUT2D eigenvalue weighted by Crippen LogP contribution is 2.25. The molecule has 1 aliphatic heterocycles. The van der Waals surface area contributed by atoms with Gasteiger partial charge < -0.3 is 10.1 Å². The second-order valence-electron chi connectivity index (χ2n) is 6.08.